The average Bonchev–Trinajstić information content (AvgIpc) is 3.70. The van der Waals surface area contributed by atoms with Crippen LogP contribution in [0.1, 0.15) is 0 Å². The largest absolute Gasteiger partial charge is 0.309 e. The molecule has 0 amide bonds. The molecule has 0 aliphatic heterocycles. The minimum Gasteiger partial charge on any atom is -0.309 e. The molecular formula is C39H28N4S. The topological polar surface area (TPSA) is 24.3 Å². The van der Waals surface area contributed by atoms with Gasteiger partial charge in [0, 0.05) is 39.2 Å². The highest BCUT2D eigenvalue weighted by molar-refractivity contribution is 7.19. The fraction of sp³-hybridized carbons (Fsp3) is 0. The van der Waals surface area contributed by atoms with Crippen molar-refractivity contribution in [3.8, 4) is 5.69 Å². The predicted octanol–water partition coefficient (Wildman–Crippen LogP) is 11.2. The number of anilines is 6. The van der Waals surface area contributed by atoms with Crippen LogP contribution < -0.4 is 9.80 Å². The van der Waals surface area contributed by atoms with Crippen LogP contribution in [0.3, 0.4) is 0 Å². The molecule has 4 nitrogen and oxygen atoms in total. The molecule has 0 saturated heterocycles. The first-order chi connectivity index (χ1) is 21.8. The highest BCUT2D eigenvalue weighted by Gasteiger charge is 2.22. The van der Waals surface area contributed by atoms with Gasteiger partial charge in [0.05, 0.1) is 17.2 Å². The van der Waals surface area contributed by atoms with Crippen LogP contribution in [0.5, 0.6) is 0 Å². The first kappa shape index (κ1) is 26.0. The lowest BCUT2D eigenvalue weighted by atomic mass is 10.1. The van der Waals surface area contributed by atoms with Crippen LogP contribution in [-0.2, 0) is 0 Å². The molecule has 0 aliphatic carbocycles. The van der Waals surface area contributed by atoms with Crippen molar-refractivity contribution in [2.45, 2.75) is 0 Å². The van der Waals surface area contributed by atoms with Crippen LogP contribution in [0.2, 0.25) is 0 Å². The Kier molecular flexibility index (Phi) is 6.63. The lowest BCUT2D eigenvalue weighted by molar-refractivity contribution is 1.18. The Morgan fingerprint density at radius 1 is 0.455 bits per heavy atom. The normalized spacial score (nSPS) is 11.2. The van der Waals surface area contributed by atoms with Crippen LogP contribution in [0.15, 0.2) is 170 Å². The van der Waals surface area contributed by atoms with Gasteiger partial charge in [-0.25, -0.2) is 4.98 Å². The summed E-state index contributed by atoms with van der Waals surface area (Å²) in [5, 5.41) is 4.37. The fourth-order valence-corrected chi connectivity index (χ4v) is 6.93. The van der Waals surface area contributed by atoms with Gasteiger partial charge in [0.15, 0.2) is 5.13 Å². The van der Waals surface area contributed by atoms with E-state index in [0.717, 1.165) is 38.6 Å². The molecule has 210 valence electrons. The number of thiazole rings is 1. The maximum atomic E-state index is 5.03. The Morgan fingerprint density at radius 3 is 1.61 bits per heavy atom. The van der Waals surface area contributed by atoms with Gasteiger partial charge in [-0.1, -0.05) is 102 Å². The van der Waals surface area contributed by atoms with E-state index in [1.165, 1.54) is 21.8 Å². The van der Waals surface area contributed by atoms with Crippen molar-refractivity contribution in [1.29, 1.82) is 0 Å². The van der Waals surface area contributed by atoms with Crippen LogP contribution in [0.25, 0.3) is 27.5 Å². The molecule has 0 aliphatic rings. The summed E-state index contributed by atoms with van der Waals surface area (Å²) in [6.45, 7) is 0. The van der Waals surface area contributed by atoms with Crippen molar-refractivity contribution in [1.82, 2.24) is 9.55 Å². The van der Waals surface area contributed by atoms with E-state index in [-0.39, 0.29) is 0 Å². The Balaban J connectivity index is 1.29. The standard InChI is InChI=1S/C39H28N4S/c1-5-15-29(16-6-1)41(30-17-7-2-8-18-30)38-28-40-39(44-38)42(31-19-9-3-10-20-31)33-25-26-37-35(27-33)34-23-13-14-24-36(34)43(37)32-21-11-4-12-22-32/h1-28H. The van der Waals surface area contributed by atoms with E-state index in [2.05, 4.69) is 166 Å². The first-order valence-corrected chi connectivity index (χ1v) is 15.5. The lowest BCUT2D eigenvalue weighted by Crippen LogP contribution is -2.09. The van der Waals surface area contributed by atoms with Crippen molar-refractivity contribution in [2.75, 3.05) is 9.80 Å². The molecule has 0 atom stereocenters. The zero-order chi connectivity index (χ0) is 29.3. The van der Waals surface area contributed by atoms with Crippen molar-refractivity contribution in [2.24, 2.45) is 0 Å². The summed E-state index contributed by atoms with van der Waals surface area (Å²) < 4.78 is 2.35. The summed E-state index contributed by atoms with van der Waals surface area (Å²) in [5.41, 5.74) is 7.82. The maximum Gasteiger partial charge on any atom is 0.196 e. The molecule has 6 aromatic carbocycles. The van der Waals surface area contributed by atoms with Crippen molar-refractivity contribution in [3.05, 3.63) is 170 Å². The molecule has 0 radical (unpaired) electrons. The van der Waals surface area contributed by atoms with E-state index < -0.39 is 0 Å². The van der Waals surface area contributed by atoms with Crippen molar-refractivity contribution >= 4 is 66.0 Å². The molecule has 0 saturated carbocycles. The number of nitrogens with zero attached hydrogens (tertiary/aromatic N) is 4. The summed E-state index contributed by atoms with van der Waals surface area (Å²) in [7, 11) is 0. The number of rotatable bonds is 7. The third kappa shape index (κ3) is 4.60. The minimum atomic E-state index is 0.897. The molecule has 8 aromatic rings. The second kappa shape index (κ2) is 11.2. The van der Waals surface area contributed by atoms with Gasteiger partial charge in [-0.3, -0.25) is 4.90 Å². The van der Waals surface area contributed by atoms with E-state index in [1.807, 2.05) is 18.3 Å². The van der Waals surface area contributed by atoms with Crippen LogP contribution in [-0.4, -0.2) is 9.55 Å². The Labute approximate surface area is 260 Å². The predicted molar refractivity (Wildman–Crippen MR) is 186 cm³/mol. The van der Waals surface area contributed by atoms with Gasteiger partial charge in [0.25, 0.3) is 0 Å². The van der Waals surface area contributed by atoms with Crippen LogP contribution in [0.4, 0.5) is 32.9 Å². The Hall–Kier alpha value is -5.65. The summed E-state index contributed by atoms with van der Waals surface area (Å²) in [6.07, 6.45) is 1.98. The number of para-hydroxylation sites is 5. The highest BCUT2D eigenvalue weighted by atomic mass is 32.1. The number of aromatic nitrogens is 2. The zero-order valence-corrected chi connectivity index (χ0v) is 24.7. The lowest BCUT2D eigenvalue weighted by Gasteiger charge is -2.24. The molecule has 44 heavy (non-hydrogen) atoms. The number of hydrogen-bond donors (Lipinski definition) is 0. The second-order valence-electron chi connectivity index (χ2n) is 10.5. The number of hydrogen-bond acceptors (Lipinski definition) is 4. The van der Waals surface area contributed by atoms with Gasteiger partial charge < -0.3 is 9.47 Å². The molecule has 8 rings (SSSR count). The smallest absolute Gasteiger partial charge is 0.196 e. The summed E-state index contributed by atoms with van der Waals surface area (Å²) in [5.74, 6) is 0. The van der Waals surface area contributed by atoms with Gasteiger partial charge >= 0.3 is 0 Å². The fourth-order valence-electron chi connectivity index (χ4n) is 5.92. The third-order valence-corrected chi connectivity index (χ3v) is 8.83. The van der Waals surface area contributed by atoms with Crippen LogP contribution >= 0.6 is 11.3 Å². The third-order valence-electron chi connectivity index (χ3n) is 7.86. The van der Waals surface area contributed by atoms with Gasteiger partial charge in [-0.2, -0.15) is 0 Å². The van der Waals surface area contributed by atoms with Gasteiger partial charge in [-0.05, 0) is 72.8 Å². The second-order valence-corrected chi connectivity index (χ2v) is 11.5. The number of fused-ring (bicyclic) bond motifs is 3. The number of benzene rings is 6. The molecule has 0 N–H and O–H groups in total. The van der Waals surface area contributed by atoms with E-state index in [1.54, 1.807) is 11.3 Å². The summed E-state index contributed by atoms with van der Waals surface area (Å²) in [6, 6.07) is 57.4. The quantitative estimate of drug-likeness (QED) is 0.186. The van der Waals surface area contributed by atoms with E-state index >= 15 is 0 Å². The maximum absolute atomic E-state index is 5.03. The molecule has 0 spiro atoms. The molecule has 0 fully saturated rings. The monoisotopic (exact) mass is 584 g/mol. The molecule has 2 heterocycles. The minimum absolute atomic E-state index is 0.897. The van der Waals surface area contributed by atoms with Crippen molar-refractivity contribution < 1.29 is 0 Å². The molecular weight excluding hydrogens is 557 g/mol. The van der Waals surface area contributed by atoms with Gasteiger partial charge in [0.2, 0.25) is 0 Å². The Morgan fingerprint density at radius 2 is 0.977 bits per heavy atom. The van der Waals surface area contributed by atoms with E-state index in [0.29, 0.717) is 0 Å². The van der Waals surface area contributed by atoms with Crippen molar-refractivity contribution in [3.63, 3.8) is 0 Å². The Bertz CT molecular complexity index is 2130. The van der Waals surface area contributed by atoms with Gasteiger partial charge in [0.1, 0.15) is 5.00 Å². The van der Waals surface area contributed by atoms with E-state index in [4.69, 9.17) is 4.98 Å². The average molecular weight is 585 g/mol. The molecule has 0 bridgehead atoms. The zero-order valence-electron chi connectivity index (χ0n) is 23.9. The molecule has 0 unspecified atom stereocenters. The summed E-state index contributed by atoms with van der Waals surface area (Å²) >= 11 is 1.68. The molecule has 5 heteroatoms. The van der Waals surface area contributed by atoms with E-state index in [9.17, 15) is 0 Å². The van der Waals surface area contributed by atoms with Gasteiger partial charge in [-0.15, -0.1) is 0 Å². The highest BCUT2D eigenvalue weighted by Crippen LogP contribution is 2.45. The molecule has 2 aromatic heterocycles. The SMILES string of the molecule is c1ccc(N(c2ccccc2)c2cnc(N(c3ccccc3)c3ccc4c(c3)c3ccccc3n4-c3ccccc3)s2)cc1. The summed E-state index contributed by atoms with van der Waals surface area (Å²) in [4.78, 5) is 9.56. The van der Waals surface area contributed by atoms with Crippen LogP contribution in [0, 0.1) is 0 Å². The first-order valence-electron chi connectivity index (χ1n) is 14.6.